The summed E-state index contributed by atoms with van der Waals surface area (Å²) in [4.78, 5) is 11.1. The standard InChI is InChI=1S/C15H15NO6S/c1-21-13-9-11(8-12(15(17)18)14(13)22-2)23(19,20)16-10-6-4-3-5-7-10/h3-9,16H,1-2H3,(H,17,18). The molecule has 7 nitrogen and oxygen atoms in total. The molecule has 0 radical (unpaired) electrons. The zero-order valence-corrected chi connectivity index (χ0v) is 13.3. The quantitative estimate of drug-likeness (QED) is 0.838. The van der Waals surface area contributed by atoms with E-state index in [0.29, 0.717) is 5.69 Å². The Morgan fingerprint density at radius 2 is 1.74 bits per heavy atom. The first-order valence-corrected chi connectivity index (χ1v) is 7.94. The summed E-state index contributed by atoms with van der Waals surface area (Å²) in [5.74, 6) is -1.35. The number of sulfonamides is 1. The monoisotopic (exact) mass is 337 g/mol. The van der Waals surface area contributed by atoms with E-state index >= 15 is 0 Å². The number of hydrogen-bond acceptors (Lipinski definition) is 5. The summed E-state index contributed by atoms with van der Waals surface area (Å²) in [7, 11) is -1.40. The van der Waals surface area contributed by atoms with Crippen molar-refractivity contribution >= 4 is 21.7 Å². The topological polar surface area (TPSA) is 102 Å². The molecule has 0 aliphatic rings. The van der Waals surface area contributed by atoms with Gasteiger partial charge in [-0.25, -0.2) is 13.2 Å². The molecule has 0 unspecified atom stereocenters. The fourth-order valence-electron chi connectivity index (χ4n) is 1.97. The third kappa shape index (κ3) is 3.54. The van der Waals surface area contributed by atoms with E-state index in [-0.39, 0.29) is 22.0 Å². The van der Waals surface area contributed by atoms with Crippen LogP contribution in [0.15, 0.2) is 47.4 Å². The number of anilines is 1. The average molecular weight is 337 g/mol. The van der Waals surface area contributed by atoms with Crippen LogP contribution in [0.5, 0.6) is 11.5 Å². The number of carboxylic acids is 1. The van der Waals surface area contributed by atoms with Gasteiger partial charge in [0, 0.05) is 11.8 Å². The van der Waals surface area contributed by atoms with Crippen molar-refractivity contribution in [3.05, 3.63) is 48.0 Å². The first-order valence-electron chi connectivity index (χ1n) is 6.46. The van der Waals surface area contributed by atoms with Crippen molar-refractivity contribution in [3.63, 3.8) is 0 Å². The van der Waals surface area contributed by atoms with E-state index in [9.17, 15) is 18.3 Å². The normalized spacial score (nSPS) is 10.9. The third-order valence-corrected chi connectivity index (χ3v) is 4.38. The summed E-state index contributed by atoms with van der Waals surface area (Å²) in [6.07, 6.45) is 0. The molecule has 0 saturated carbocycles. The Balaban J connectivity index is 2.54. The van der Waals surface area contributed by atoms with Crippen LogP contribution in [0.2, 0.25) is 0 Å². The molecule has 0 fully saturated rings. The highest BCUT2D eigenvalue weighted by Gasteiger charge is 2.23. The van der Waals surface area contributed by atoms with Gasteiger partial charge in [0.25, 0.3) is 10.0 Å². The number of aromatic carboxylic acids is 1. The average Bonchev–Trinajstić information content (AvgIpc) is 2.53. The molecule has 0 aliphatic heterocycles. The Bertz CT molecular complexity index is 817. The number of carbonyl (C=O) groups is 1. The number of benzene rings is 2. The van der Waals surface area contributed by atoms with Gasteiger partial charge in [0.05, 0.1) is 19.1 Å². The minimum Gasteiger partial charge on any atom is -0.493 e. The molecule has 2 rings (SSSR count). The van der Waals surface area contributed by atoms with Crippen molar-refractivity contribution in [1.29, 1.82) is 0 Å². The molecular formula is C15H15NO6S. The van der Waals surface area contributed by atoms with E-state index in [2.05, 4.69) is 4.72 Å². The minimum atomic E-state index is -3.98. The van der Waals surface area contributed by atoms with Gasteiger partial charge in [-0.05, 0) is 18.2 Å². The van der Waals surface area contributed by atoms with Crippen LogP contribution in [0.1, 0.15) is 10.4 Å². The van der Waals surface area contributed by atoms with Crippen LogP contribution >= 0.6 is 0 Å². The second kappa shape index (κ2) is 6.57. The zero-order valence-electron chi connectivity index (χ0n) is 12.4. The van der Waals surface area contributed by atoms with E-state index in [1.54, 1.807) is 30.3 Å². The van der Waals surface area contributed by atoms with Gasteiger partial charge in [0.2, 0.25) is 0 Å². The first kappa shape index (κ1) is 16.6. The van der Waals surface area contributed by atoms with Gasteiger partial charge in [0.1, 0.15) is 5.56 Å². The van der Waals surface area contributed by atoms with Crippen molar-refractivity contribution in [3.8, 4) is 11.5 Å². The SMILES string of the molecule is COc1cc(S(=O)(=O)Nc2ccccc2)cc(C(=O)O)c1OC. The second-order valence-corrected chi connectivity index (χ2v) is 6.17. The lowest BCUT2D eigenvalue weighted by Gasteiger charge is -2.14. The van der Waals surface area contributed by atoms with Crippen molar-refractivity contribution < 1.29 is 27.8 Å². The van der Waals surface area contributed by atoms with Gasteiger partial charge in [-0.1, -0.05) is 18.2 Å². The molecule has 8 heteroatoms. The van der Waals surface area contributed by atoms with Crippen LogP contribution < -0.4 is 14.2 Å². The fraction of sp³-hybridized carbons (Fsp3) is 0.133. The number of methoxy groups -OCH3 is 2. The highest BCUT2D eigenvalue weighted by atomic mass is 32.2. The molecule has 0 aliphatic carbocycles. The van der Waals surface area contributed by atoms with Gasteiger partial charge in [-0.2, -0.15) is 0 Å². The summed E-state index contributed by atoms with van der Waals surface area (Å²) in [6.45, 7) is 0. The van der Waals surface area contributed by atoms with Crippen molar-refractivity contribution in [2.75, 3.05) is 18.9 Å². The van der Waals surface area contributed by atoms with E-state index in [1.165, 1.54) is 20.3 Å². The molecule has 0 bridgehead atoms. The van der Waals surface area contributed by atoms with Gasteiger partial charge < -0.3 is 14.6 Å². The van der Waals surface area contributed by atoms with Crippen molar-refractivity contribution in [2.24, 2.45) is 0 Å². The molecule has 0 heterocycles. The van der Waals surface area contributed by atoms with Crippen LogP contribution in [-0.4, -0.2) is 33.7 Å². The summed E-state index contributed by atoms with van der Waals surface area (Å²) >= 11 is 0. The first-order chi connectivity index (χ1) is 10.9. The van der Waals surface area contributed by atoms with Gasteiger partial charge in [-0.3, -0.25) is 4.72 Å². The maximum Gasteiger partial charge on any atom is 0.339 e. The number of para-hydroxylation sites is 1. The van der Waals surface area contributed by atoms with E-state index in [0.717, 1.165) is 6.07 Å². The van der Waals surface area contributed by atoms with Crippen LogP contribution in [0.4, 0.5) is 5.69 Å². The maximum absolute atomic E-state index is 12.4. The minimum absolute atomic E-state index is 0.0147. The molecule has 0 saturated heterocycles. The van der Waals surface area contributed by atoms with Crippen molar-refractivity contribution in [1.82, 2.24) is 0 Å². The molecule has 0 atom stereocenters. The molecule has 0 aromatic heterocycles. The highest BCUT2D eigenvalue weighted by molar-refractivity contribution is 7.92. The Kier molecular flexibility index (Phi) is 4.75. The van der Waals surface area contributed by atoms with Gasteiger partial charge >= 0.3 is 5.97 Å². The van der Waals surface area contributed by atoms with E-state index < -0.39 is 16.0 Å². The zero-order chi connectivity index (χ0) is 17.0. The highest BCUT2D eigenvalue weighted by Crippen LogP contribution is 2.34. The van der Waals surface area contributed by atoms with Gasteiger partial charge in [0.15, 0.2) is 11.5 Å². The van der Waals surface area contributed by atoms with Crippen LogP contribution in [-0.2, 0) is 10.0 Å². The van der Waals surface area contributed by atoms with E-state index in [1.807, 2.05) is 0 Å². The Labute approximate surface area is 133 Å². The van der Waals surface area contributed by atoms with Gasteiger partial charge in [-0.15, -0.1) is 0 Å². The largest absolute Gasteiger partial charge is 0.493 e. The molecule has 2 N–H and O–H groups in total. The molecule has 0 spiro atoms. The summed E-state index contributed by atoms with van der Waals surface area (Å²) in [5.41, 5.74) is 0.0550. The van der Waals surface area contributed by atoms with Crippen LogP contribution in [0, 0.1) is 0 Å². The Morgan fingerprint density at radius 3 is 2.26 bits per heavy atom. The lowest BCUT2D eigenvalue weighted by atomic mass is 10.2. The number of carboxylic acid groups (broad SMARTS) is 1. The molecule has 0 amide bonds. The lowest BCUT2D eigenvalue weighted by molar-refractivity contribution is 0.0692. The number of nitrogens with one attached hydrogen (secondary N) is 1. The third-order valence-electron chi connectivity index (χ3n) is 3.02. The summed E-state index contributed by atoms with van der Waals surface area (Å²) in [6, 6.07) is 10.5. The molecule has 2 aromatic rings. The summed E-state index contributed by atoms with van der Waals surface area (Å²) in [5, 5.41) is 9.25. The Hall–Kier alpha value is -2.74. The molecular weight excluding hydrogens is 322 g/mol. The van der Waals surface area contributed by atoms with Crippen LogP contribution in [0.25, 0.3) is 0 Å². The number of ether oxygens (including phenoxy) is 2. The molecule has 23 heavy (non-hydrogen) atoms. The fourth-order valence-corrected chi connectivity index (χ4v) is 3.07. The lowest BCUT2D eigenvalue weighted by Crippen LogP contribution is -2.14. The van der Waals surface area contributed by atoms with Crippen molar-refractivity contribution in [2.45, 2.75) is 4.90 Å². The predicted molar refractivity (Wildman–Crippen MR) is 83.8 cm³/mol. The smallest absolute Gasteiger partial charge is 0.339 e. The number of rotatable bonds is 6. The molecule has 2 aromatic carbocycles. The Morgan fingerprint density at radius 1 is 1.09 bits per heavy atom. The summed E-state index contributed by atoms with van der Waals surface area (Å²) < 4.78 is 37.3. The predicted octanol–water partition coefficient (Wildman–Crippen LogP) is 2.20. The molecule has 122 valence electrons. The maximum atomic E-state index is 12.4. The number of hydrogen-bond donors (Lipinski definition) is 2. The second-order valence-electron chi connectivity index (χ2n) is 4.48. The van der Waals surface area contributed by atoms with E-state index in [4.69, 9.17) is 9.47 Å². The van der Waals surface area contributed by atoms with Crippen LogP contribution in [0.3, 0.4) is 0 Å².